The van der Waals surface area contributed by atoms with Crippen LogP contribution in [0.15, 0.2) is 6.20 Å². The molecule has 1 saturated heterocycles. The van der Waals surface area contributed by atoms with Crippen LogP contribution in [0.25, 0.3) is 0 Å². The van der Waals surface area contributed by atoms with Gasteiger partial charge in [-0.2, -0.15) is 0 Å². The molecule has 0 spiro atoms. The molecule has 1 atom stereocenters. The van der Waals surface area contributed by atoms with Crippen LogP contribution in [0, 0.1) is 5.92 Å². The van der Waals surface area contributed by atoms with Gasteiger partial charge in [0.15, 0.2) is 0 Å². The number of likely N-dealkylation sites (tertiary alicyclic amines) is 1. The lowest BCUT2D eigenvalue weighted by Gasteiger charge is -2.29. The Bertz CT molecular complexity index is 327. The first kappa shape index (κ1) is 12.0. The molecule has 4 heteroatoms. The predicted molar refractivity (Wildman–Crippen MR) is 66.8 cm³/mol. The van der Waals surface area contributed by atoms with Crippen LogP contribution in [0.2, 0.25) is 0 Å². The number of aromatic nitrogens is 1. The summed E-state index contributed by atoms with van der Waals surface area (Å²) in [6, 6.07) is 0. The molecule has 2 heterocycles. The topological polar surface area (TPSA) is 36.4 Å². The average Bonchev–Trinajstić information content (AvgIpc) is 2.66. The van der Waals surface area contributed by atoms with Crippen LogP contribution in [0.1, 0.15) is 22.7 Å². The summed E-state index contributed by atoms with van der Waals surface area (Å²) in [6.07, 6.45) is 6.43. The molecule has 1 aliphatic heterocycles. The Labute approximate surface area is 101 Å². The van der Waals surface area contributed by atoms with E-state index in [-0.39, 0.29) is 6.61 Å². The smallest absolute Gasteiger partial charge is 0.0930 e. The molecule has 1 aliphatic rings. The second-order valence-electron chi connectivity index (χ2n) is 4.67. The van der Waals surface area contributed by atoms with Crippen LogP contribution in [0.3, 0.4) is 0 Å². The molecule has 0 saturated carbocycles. The van der Waals surface area contributed by atoms with Gasteiger partial charge in [-0.3, -0.25) is 0 Å². The third kappa shape index (κ3) is 3.27. The van der Waals surface area contributed by atoms with Crippen molar-refractivity contribution in [2.75, 3.05) is 26.7 Å². The zero-order valence-corrected chi connectivity index (χ0v) is 10.7. The minimum Gasteiger partial charge on any atom is -0.396 e. The molecule has 1 fully saturated rings. The summed E-state index contributed by atoms with van der Waals surface area (Å²) >= 11 is 1.76. The van der Waals surface area contributed by atoms with Crippen molar-refractivity contribution in [1.29, 1.82) is 0 Å². The molecular formula is C12H20N2OS. The molecule has 0 amide bonds. The quantitative estimate of drug-likeness (QED) is 0.867. The molecule has 2 rings (SSSR count). The highest BCUT2D eigenvalue weighted by atomic mass is 32.1. The summed E-state index contributed by atoms with van der Waals surface area (Å²) in [5, 5.41) is 10.1. The molecule has 1 N–H and O–H groups in total. The summed E-state index contributed by atoms with van der Waals surface area (Å²) in [7, 11) is 2.20. The normalized spacial score (nSPS) is 22.5. The maximum atomic E-state index is 8.86. The van der Waals surface area contributed by atoms with Crippen molar-refractivity contribution in [2.45, 2.75) is 25.7 Å². The number of hydrogen-bond acceptors (Lipinski definition) is 4. The van der Waals surface area contributed by atoms with E-state index in [1.165, 1.54) is 35.8 Å². The van der Waals surface area contributed by atoms with Gasteiger partial charge in [0, 0.05) is 37.1 Å². The lowest BCUT2D eigenvalue weighted by Crippen LogP contribution is -2.32. The van der Waals surface area contributed by atoms with E-state index in [1.54, 1.807) is 11.3 Å². The minimum absolute atomic E-state index is 0.230. The average molecular weight is 240 g/mol. The fraction of sp³-hybridized carbons (Fsp3) is 0.750. The molecule has 0 aromatic carbocycles. The first-order valence-corrected chi connectivity index (χ1v) is 6.82. The lowest BCUT2D eigenvalue weighted by atomic mass is 9.95. The Morgan fingerprint density at radius 2 is 2.50 bits per heavy atom. The third-order valence-corrected chi connectivity index (χ3v) is 4.22. The summed E-state index contributed by atoms with van der Waals surface area (Å²) < 4.78 is 0. The molecule has 0 bridgehead atoms. The van der Waals surface area contributed by atoms with Gasteiger partial charge in [0.05, 0.1) is 5.01 Å². The van der Waals surface area contributed by atoms with Gasteiger partial charge in [-0.15, -0.1) is 11.3 Å². The summed E-state index contributed by atoms with van der Waals surface area (Å²) in [4.78, 5) is 8.07. The van der Waals surface area contributed by atoms with Crippen molar-refractivity contribution >= 4 is 11.3 Å². The summed E-state index contributed by atoms with van der Waals surface area (Å²) in [5.41, 5.74) is 0. The molecule has 1 unspecified atom stereocenters. The van der Waals surface area contributed by atoms with Crippen molar-refractivity contribution in [3.05, 3.63) is 16.1 Å². The van der Waals surface area contributed by atoms with Crippen molar-refractivity contribution in [1.82, 2.24) is 9.88 Å². The van der Waals surface area contributed by atoms with Crippen LogP contribution in [0.4, 0.5) is 0 Å². The standard InChI is InChI=1S/C12H20N2OS/c1-14-5-2-3-10(9-14)7-12-13-8-11(16-12)4-6-15/h8,10,15H,2-7,9H2,1H3. The minimum atomic E-state index is 0.230. The largest absolute Gasteiger partial charge is 0.396 e. The van der Waals surface area contributed by atoms with Crippen molar-refractivity contribution in [3.8, 4) is 0 Å². The van der Waals surface area contributed by atoms with Gasteiger partial charge in [0.2, 0.25) is 0 Å². The van der Waals surface area contributed by atoms with E-state index in [0.717, 1.165) is 18.8 Å². The first-order chi connectivity index (χ1) is 7.78. The number of aliphatic hydroxyl groups is 1. The van der Waals surface area contributed by atoms with Crippen molar-refractivity contribution in [3.63, 3.8) is 0 Å². The molecule has 16 heavy (non-hydrogen) atoms. The summed E-state index contributed by atoms with van der Waals surface area (Å²) in [5.74, 6) is 0.770. The van der Waals surface area contributed by atoms with E-state index >= 15 is 0 Å². The maximum Gasteiger partial charge on any atom is 0.0930 e. The van der Waals surface area contributed by atoms with E-state index in [1.807, 2.05) is 6.20 Å². The van der Waals surface area contributed by atoms with Gasteiger partial charge in [-0.05, 0) is 32.4 Å². The SMILES string of the molecule is CN1CCCC(Cc2ncc(CCO)s2)C1. The number of thiazole rings is 1. The van der Waals surface area contributed by atoms with Crippen molar-refractivity contribution in [2.24, 2.45) is 5.92 Å². The van der Waals surface area contributed by atoms with Gasteiger partial charge >= 0.3 is 0 Å². The second-order valence-corrected chi connectivity index (χ2v) is 5.87. The van der Waals surface area contributed by atoms with Crippen LogP contribution in [-0.4, -0.2) is 41.7 Å². The molecule has 90 valence electrons. The van der Waals surface area contributed by atoms with E-state index in [0.29, 0.717) is 0 Å². The predicted octanol–water partition coefficient (Wildman–Crippen LogP) is 1.56. The lowest BCUT2D eigenvalue weighted by molar-refractivity contribution is 0.209. The molecule has 0 aliphatic carbocycles. The summed E-state index contributed by atoms with van der Waals surface area (Å²) in [6.45, 7) is 2.67. The fourth-order valence-corrected chi connectivity index (χ4v) is 3.38. The Morgan fingerprint density at radius 1 is 1.62 bits per heavy atom. The molecule has 1 aromatic heterocycles. The maximum absolute atomic E-state index is 8.86. The zero-order valence-electron chi connectivity index (χ0n) is 9.85. The van der Waals surface area contributed by atoms with Gasteiger partial charge in [-0.1, -0.05) is 0 Å². The molecule has 0 radical (unpaired) electrons. The Hall–Kier alpha value is -0.450. The number of piperidine rings is 1. The Morgan fingerprint density at radius 3 is 3.25 bits per heavy atom. The molecule has 1 aromatic rings. The first-order valence-electron chi connectivity index (χ1n) is 6.01. The van der Waals surface area contributed by atoms with Gasteiger partial charge in [0.1, 0.15) is 0 Å². The van der Waals surface area contributed by atoms with Crippen LogP contribution in [0.5, 0.6) is 0 Å². The zero-order chi connectivity index (χ0) is 11.4. The van der Waals surface area contributed by atoms with E-state index in [4.69, 9.17) is 5.11 Å². The highest BCUT2D eigenvalue weighted by Crippen LogP contribution is 2.22. The van der Waals surface area contributed by atoms with Gasteiger partial charge < -0.3 is 10.0 Å². The van der Waals surface area contributed by atoms with Gasteiger partial charge in [0.25, 0.3) is 0 Å². The Kier molecular flexibility index (Phi) is 4.32. The highest BCUT2D eigenvalue weighted by Gasteiger charge is 2.18. The number of rotatable bonds is 4. The van der Waals surface area contributed by atoms with Crippen LogP contribution in [-0.2, 0) is 12.8 Å². The van der Waals surface area contributed by atoms with Crippen LogP contribution >= 0.6 is 11.3 Å². The van der Waals surface area contributed by atoms with E-state index in [9.17, 15) is 0 Å². The molecular weight excluding hydrogens is 220 g/mol. The second kappa shape index (κ2) is 5.75. The molecule has 3 nitrogen and oxygen atoms in total. The highest BCUT2D eigenvalue weighted by molar-refractivity contribution is 7.11. The van der Waals surface area contributed by atoms with E-state index in [2.05, 4.69) is 16.9 Å². The third-order valence-electron chi connectivity index (χ3n) is 3.15. The monoisotopic (exact) mass is 240 g/mol. The van der Waals surface area contributed by atoms with Crippen LogP contribution < -0.4 is 0 Å². The number of nitrogens with zero attached hydrogens (tertiary/aromatic N) is 2. The Balaban J connectivity index is 1.87. The number of hydrogen-bond donors (Lipinski definition) is 1. The van der Waals surface area contributed by atoms with E-state index < -0.39 is 0 Å². The number of aliphatic hydroxyl groups excluding tert-OH is 1. The van der Waals surface area contributed by atoms with Gasteiger partial charge in [-0.25, -0.2) is 4.98 Å². The fourth-order valence-electron chi connectivity index (χ4n) is 2.35. The van der Waals surface area contributed by atoms with Crippen molar-refractivity contribution < 1.29 is 5.11 Å².